The molecule has 0 aliphatic carbocycles. The minimum Gasteiger partial charge on any atom is -0.487 e. The molecule has 0 saturated carbocycles. The number of rotatable bonds is 11. The lowest BCUT2D eigenvalue weighted by molar-refractivity contribution is 0.0817. The second-order valence-electron chi connectivity index (χ2n) is 11.8. The van der Waals surface area contributed by atoms with Gasteiger partial charge in [-0.3, -0.25) is 19.2 Å². The van der Waals surface area contributed by atoms with E-state index in [4.69, 9.17) is 14.5 Å². The number of hydrogen-bond donors (Lipinski definition) is 0. The molecule has 0 amide bonds. The second kappa shape index (κ2) is 13.1. The molecular formula is C35H38N8O3. The van der Waals surface area contributed by atoms with Gasteiger partial charge in [-0.15, -0.1) is 10.2 Å². The van der Waals surface area contributed by atoms with Gasteiger partial charge in [0.05, 0.1) is 35.0 Å². The Balaban J connectivity index is 1.25. The lowest BCUT2D eigenvalue weighted by Gasteiger charge is -2.25. The number of benzene rings is 3. The Morgan fingerprint density at radius 2 is 1.65 bits per heavy atom. The van der Waals surface area contributed by atoms with E-state index in [9.17, 15) is 4.79 Å². The topological polar surface area (TPSA) is 103 Å². The van der Waals surface area contributed by atoms with Gasteiger partial charge in [0.1, 0.15) is 24.3 Å². The van der Waals surface area contributed by atoms with Crippen LogP contribution in [0.25, 0.3) is 33.2 Å². The summed E-state index contributed by atoms with van der Waals surface area (Å²) in [5.41, 5.74) is 3.69. The summed E-state index contributed by atoms with van der Waals surface area (Å²) in [7, 11) is 7.80. The van der Waals surface area contributed by atoms with Crippen LogP contribution in [0.15, 0.2) is 89.7 Å². The molecule has 0 aliphatic heterocycles. The third-order valence-electron chi connectivity index (χ3n) is 8.12. The van der Waals surface area contributed by atoms with Gasteiger partial charge in [0.2, 0.25) is 5.82 Å². The first kappa shape index (κ1) is 30.9. The van der Waals surface area contributed by atoms with E-state index in [0.717, 1.165) is 33.1 Å². The van der Waals surface area contributed by atoms with Crippen LogP contribution in [0.2, 0.25) is 0 Å². The van der Waals surface area contributed by atoms with Crippen molar-refractivity contribution in [3.8, 4) is 22.9 Å². The monoisotopic (exact) mass is 618 g/mol. The Morgan fingerprint density at radius 1 is 0.826 bits per heavy atom. The highest BCUT2D eigenvalue weighted by Crippen LogP contribution is 2.27. The molecule has 11 nitrogen and oxygen atoms in total. The number of nitrogens with zero attached hydrogens (tertiary/aromatic N) is 8. The molecule has 6 aromatic rings. The van der Waals surface area contributed by atoms with E-state index < -0.39 is 0 Å². The van der Waals surface area contributed by atoms with E-state index in [1.165, 1.54) is 4.80 Å². The van der Waals surface area contributed by atoms with Crippen molar-refractivity contribution < 1.29 is 9.47 Å². The minimum absolute atomic E-state index is 0.121. The summed E-state index contributed by atoms with van der Waals surface area (Å²) in [5.74, 6) is 1.68. The molecular weight excluding hydrogens is 580 g/mol. The van der Waals surface area contributed by atoms with Crippen molar-refractivity contribution >= 4 is 21.8 Å². The molecule has 0 fully saturated rings. The first-order chi connectivity index (χ1) is 22.2. The lowest BCUT2D eigenvalue weighted by Crippen LogP contribution is -2.33. The fourth-order valence-corrected chi connectivity index (χ4v) is 5.12. The van der Waals surface area contributed by atoms with E-state index in [1.807, 2.05) is 131 Å². The van der Waals surface area contributed by atoms with Crippen LogP contribution in [-0.4, -0.2) is 74.0 Å². The minimum atomic E-state index is -0.218. The van der Waals surface area contributed by atoms with Crippen molar-refractivity contribution in [2.45, 2.75) is 39.4 Å². The van der Waals surface area contributed by atoms with E-state index in [2.05, 4.69) is 21.5 Å². The van der Waals surface area contributed by atoms with Crippen molar-refractivity contribution in [2.75, 3.05) is 28.2 Å². The maximum Gasteiger partial charge on any atom is 0.263 e. The number of tetrazole rings is 1. The zero-order valence-electron chi connectivity index (χ0n) is 27.0. The molecule has 0 aliphatic rings. The Hall–Kier alpha value is -5.13. The van der Waals surface area contributed by atoms with Crippen molar-refractivity contribution in [3.05, 3.63) is 107 Å². The van der Waals surface area contributed by atoms with E-state index in [-0.39, 0.29) is 23.8 Å². The molecule has 3 aromatic carbocycles. The van der Waals surface area contributed by atoms with Gasteiger partial charge in [-0.2, -0.15) is 4.80 Å². The fourth-order valence-electron chi connectivity index (χ4n) is 5.12. The summed E-state index contributed by atoms with van der Waals surface area (Å²) >= 11 is 0. The molecule has 0 bridgehead atoms. The summed E-state index contributed by atoms with van der Waals surface area (Å²) in [5, 5.41) is 15.1. The predicted molar refractivity (Wildman–Crippen MR) is 179 cm³/mol. The molecule has 2 atom stereocenters. The number of hydrogen-bond acceptors (Lipinski definition) is 9. The highest BCUT2D eigenvalue weighted by atomic mass is 16.5. The molecule has 0 radical (unpaired) electrons. The molecule has 11 heteroatoms. The van der Waals surface area contributed by atoms with Gasteiger partial charge in [-0.1, -0.05) is 36.4 Å². The standard InChI is InChI=1S/C35H38N8O3/c1-23(40(3)4)43-33-17-16-30(46-24(2)41(5)6)19-27(33)20-31(35(43)44)34-37-39-42(38-34)21-25-10-9-12-29(18-25)45-22-28-15-14-26-11-7-8-13-32(26)36-28/h7-20,23-24H,21-22H2,1-6H3. The number of fused-ring (bicyclic) bond motifs is 2. The van der Waals surface area contributed by atoms with E-state index in [0.29, 0.717) is 30.2 Å². The van der Waals surface area contributed by atoms with Crippen molar-refractivity contribution in [1.29, 1.82) is 0 Å². The maximum absolute atomic E-state index is 13.9. The van der Waals surface area contributed by atoms with Gasteiger partial charge < -0.3 is 9.47 Å². The molecule has 6 rings (SSSR count). The smallest absolute Gasteiger partial charge is 0.263 e. The van der Waals surface area contributed by atoms with Gasteiger partial charge in [-0.25, -0.2) is 4.98 Å². The summed E-state index contributed by atoms with van der Waals surface area (Å²) in [6.45, 7) is 4.67. The fraction of sp³-hybridized carbons (Fsp3) is 0.286. The molecule has 46 heavy (non-hydrogen) atoms. The highest BCUT2D eigenvalue weighted by Gasteiger charge is 2.20. The van der Waals surface area contributed by atoms with Crippen LogP contribution in [0, 0.1) is 0 Å². The quantitative estimate of drug-likeness (QED) is 0.181. The first-order valence-electron chi connectivity index (χ1n) is 15.2. The van der Waals surface area contributed by atoms with Crippen LogP contribution in [0.3, 0.4) is 0 Å². The normalized spacial score (nSPS) is 13.0. The Labute approximate surface area is 267 Å². The Kier molecular flexibility index (Phi) is 8.78. The number of para-hydroxylation sites is 1. The SMILES string of the molecule is CC(Oc1ccc2c(c1)cc(-c1nnn(Cc3cccc(OCc4ccc5ccccc5n4)c3)n1)c(=O)n2C(C)N(C)C)N(C)C. The zero-order chi connectivity index (χ0) is 32.4. The summed E-state index contributed by atoms with van der Waals surface area (Å²) in [6.07, 6.45) is -0.339. The third kappa shape index (κ3) is 6.60. The van der Waals surface area contributed by atoms with Crippen LogP contribution in [-0.2, 0) is 13.2 Å². The summed E-state index contributed by atoms with van der Waals surface area (Å²) in [6, 6.07) is 27.4. The van der Waals surface area contributed by atoms with Crippen molar-refractivity contribution in [1.82, 2.24) is 39.6 Å². The van der Waals surface area contributed by atoms with Crippen LogP contribution >= 0.6 is 0 Å². The van der Waals surface area contributed by atoms with Crippen LogP contribution < -0.4 is 15.0 Å². The first-order valence-corrected chi connectivity index (χ1v) is 15.2. The molecule has 3 heterocycles. The predicted octanol–water partition coefficient (Wildman–Crippen LogP) is 5.20. The summed E-state index contributed by atoms with van der Waals surface area (Å²) < 4.78 is 13.9. The van der Waals surface area contributed by atoms with Crippen molar-refractivity contribution in [3.63, 3.8) is 0 Å². The lowest BCUT2D eigenvalue weighted by atomic mass is 10.1. The highest BCUT2D eigenvalue weighted by molar-refractivity contribution is 5.84. The van der Waals surface area contributed by atoms with E-state index >= 15 is 0 Å². The molecule has 2 unspecified atom stereocenters. The van der Waals surface area contributed by atoms with Crippen LogP contribution in [0.4, 0.5) is 0 Å². The second-order valence-corrected chi connectivity index (χ2v) is 11.8. The van der Waals surface area contributed by atoms with Crippen LogP contribution in [0.1, 0.15) is 31.3 Å². The van der Waals surface area contributed by atoms with E-state index in [1.54, 1.807) is 4.57 Å². The number of ether oxygens (including phenoxy) is 2. The van der Waals surface area contributed by atoms with Gasteiger partial charge >= 0.3 is 0 Å². The average Bonchev–Trinajstić information content (AvgIpc) is 3.51. The molecule has 0 N–H and O–H groups in total. The van der Waals surface area contributed by atoms with Gasteiger partial charge in [0.25, 0.3) is 5.56 Å². The number of aromatic nitrogens is 6. The van der Waals surface area contributed by atoms with Crippen LogP contribution in [0.5, 0.6) is 11.5 Å². The number of pyridine rings is 2. The van der Waals surface area contributed by atoms with Gasteiger partial charge in [0.15, 0.2) is 0 Å². The Bertz CT molecular complexity index is 2050. The van der Waals surface area contributed by atoms with Crippen molar-refractivity contribution in [2.24, 2.45) is 0 Å². The molecule has 3 aromatic heterocycles. The molecule has 0 spiro atoms. The van der Waals surface area contributed by atoms with Gasteiger partial charge in [0, 0.05) is 10.8 Å². The average molecular weight is 619 g/mol. The zero-order valence-corrected chi connectivity index (χ0v) is 27.0. The molecule has 236 valence electrons. The third-order valence-corrected chi connectivity index (χ3v) is 8.12. The molecule has 0 saturated heterocycles. The summed E-state index contributed by atoms with van der Waals surface area (Å²) in [4.78, 5) is 24.1. The largest absolute Gasteiger partial charge is 0.487 e. The van der Waals surface area contributed by atoms with Gasteiger partial charge in [-0.05, 0) is 101 Å². The maximum atomic E-state index is 13.9. The Morgan fingerprint density at radius 3 is 2.46 bits per heavy atom.